The summed E-state index contributed by atoms with van der Waals surface area (Å²) in [4.78, 5) is 247. The number of rotatable bonds is 24. The van der Waals surface area contributed by atoms with Crippen LogP contribution in [0.5, 0.6) is 5.75 Å². The number of thioether (sulfide) groups is 1. The highest BCUT2D eigenvalue weighted by atomic mass is 32.2. The minimum absolute atomic E-state index is 0.00515. The third-order valence-corrected chi connectivity index (χ3v) is 24.5. The average Bonchev–Trinajstić information content (AvgIpc) is 1.67. The van der Waals surface area contributed by atoms with Crippen LogP contribution in [0, 0.1) is 11.8 Å². The summed E-state index contributed by atoms with van der Waals surface area (Å²) in [5, 5.41) is 46.0. The van der Waals surface area contributed by atoms with Crippen molar-refractivity contribution in [3.8, 4) is 5.75 Å². The van der Waals surface area contributed by atoms with Gasteiger partial charge in [-0.1, -0.05) is 169 Å². The number of phenolic OH excluding ortho intramolecular Hbond substituents is 1. The number of carboxylic acid groups (broad SMARTS) is 1. The molecule has 35 nitrogen and oxygen atoms in total. The Morgan fingerprint density at radius 1 is 0.496 bits per heavy atom. The van der Waals surface area contributed by atoms with Crippen molar-refractivity contribution in [1.82, 2.24) is 77.3 Å². The topological polar surface area (TPSA) is 506 Å². The summed E-state index contributed by atoms with van der Waals surface area (Å²) in [5.74, 6) is -16.3. The Morgan fingerprint density at radius 3 is 1.57 bits per heavy atom. The molecule has 1 aromatic heterocycles. The zero-order valence-corrected chi connectivity index (χ0v) is 75.1. The molecule has 0 saturated carbocycles. The Balaban J connectivity index is 1.12. The second-order valence-electron chi connectivity index (χ2n) is 34.0. The standard InChI is InChI=1S/C93H123N17O18S/c1-9-10-34-74-92(127)110-43-24-36-73(110)87(122)103-69(50-79(114)115)85(120)105-80(56(4)5)93(128)107(7)75(47-58-27-16-12-17-28-58)88(123)99-65(33-22-41-94)90(125)109-42-23-35-72(109)86(121)102-68(49-61-51-96-64-32-21-20-31-63(61)64)84(119)101-67(45-60-37-39-62(111)40-38-60)83(118)100-66(44-55(2)3)82(117)104-71(81(116)97-52-77(95)112)53-129-54-78(113)98-70(46-57-25-14-11-15-26-57)89(124)108(8)76(91(126)106(74)6)48-59-29-18-13-19-30-59/h11-21,25-32,37-40,51,55-56,65-76,80,96,111H,9-10,22-24,33-36,41-50,52-54,94H2,1-8H3,(H2,95,112)(H,97,116)(H,98,113)(H,99,123)(H,100,118)(H,101,119)(H,102,121)(H,103,122)(H,104,117)(H,105,120)(H,114,115). The van der Waals surface area contributed by atoms with Gasteiger partial charge in [0.1, 0.15) is 84.3 Å². The molecule has 0 spiro atoms. The van der Waals surface area contributed by atoms with Crippen LogP contribution in [0.15, 0.2) is 146 Å². The van der Waals surface area contributed by atoms with Gasteiger partial charge in [-0.3, -0.25) is 76.7 Å². The number of nitrogens with zero attached hydrogens (tertiary/aromatic N) is 5. The number of aliphatic carboxylic acids is 1. The Bertz CT molecular complexity index is 4910. The first-order valence-electron chi connectivity index (χ1n) is 44.0. The first-order valence-corrected chi connectivity index (χ1v) is 45.1. The van der Waals surface area contributed by atoms with Gasteiger partial charge in [-0.05, 0) is 116 Å². The smallest absolute Gasteiger partial charge is 0.305 e. The van der Waals surface area contributed by atoms with Crippen LogP contribution < -0.4 is 59.3 Å². The van der Waals surface area contributed by atoms with Gasteiger partial charge < -0.3 is 99.0 Å². The maximum Gasteiger partial charge on any atom is 0.305 e. The van der Waals surface area contributed by atoms with Crippen molar-refractivity contribution in [2.24, 2.45) is 23.3 Å². The van der Waals surface area contributed by atoms with Gasteiger partial charge in [0.2, 0.25) is 88.6 Å². The largest absolute Gasteiger partial charge is 0.508 e. The third kappa shape index (κ3) is 28.4. The van der Waals surface area contributed by atoms with Gasteiger partial charge in [-0.15, -0.1) is 11.8 Å². The molecule has 15 amide bonds. The van der Waals surface area contributed by atoms with E-state index < -0.39 is 198 Å². The summed E-state index contributed by atoms with van der Waals surface area (Å²) in [7, 11) is 4.13. The highest BCUT2D eigenvalue weighted by Crippen LogP contribution is 2.28. The lowest BCUT2D eigenvalue weighted by Crippen LogP contribution is -2.62. The van der Waals surface area contributed by atoms with E-state index in [2.05, 4.69) is 52.8 Å². The fraction of sp³-hybridized carbons (Fsp3) is 0.484. The number of H-pyrrole nitrogens is 1. The number of nitrogens with two attached hydrogens (primary N) is 2. The molecule has 16 N–H and O–H groups in total. The number of nitrogens with one attached hydrogen (secondary N) is 10. The molecule has 3 saturated heterocycles. The van der Waals surface area contributed by atoms with Gasteiger partial charge in [0, 0.05) is 89.2 Å². The van der Waals surface area contributed by atoms with Crippen molar-refractivity contribution in [1.29, 1.82) is 0 Å². The predicted octanol–water partition coefficient (Wildman–Crippen LogP) is 2.18. The van der Waals surface area contributed by atoms with E-state index in [9.17, 15) is 39.0 Å². The van der Waals surface area contributed by atoms with Crippen LogP contribution in [-0.2, 0) is 109 Å². The summed E-state index contributed by atoms with van der Waals surface area (Å²) < 4.78 is 0. The number of carbonyl (C=O) groups excluding carboxylic acids is 15. The third-order valence-electron chi connectivity index (χ3n) is 23.5. The number of phenols is 1. The van der Waals surface area contributed by atoms with Gasteiger partial charge in [0.05, 0.1) is 18.7 Å². The first-order chi connectivity index (χ1) is 61.6. The molecule has 694 valence electrons. The van der Waals surface area contributed by atoms with E-state index in [1.54, 1.807) is 149 Å². The molecule has 4 heterocycles. The van der Waals surface area contributed by atoms with E-state index >= 15 is 47.9 Å². The first kappa shape index (κ1) is 100. The molecule has 3 aliphatic rings. The van der Waals surface area contributed by atoms with Crippen LogP contribution in [0.1, 0.15) is 133 Å². The molecule has 13 unspecified atom stereocenters. The maximum atomic E-state index is 15.7. The number of aromatic hydroxyl groups is 1. The van der Waals surface area contributed by atoms with E-state index in [1.807, 2.05) is 6.92 Å². The van der Waals surface area contributed by atoms with Crippen molar-refractivity contribution < 1.29 is 86.9 Å². The molecule has 0 aliphatic carbocycles. The molecule has 3 aliphatic heterocycles. The van der Waals surface area contributed by atoms with Crippen LogP contribution in [-0.4, -0.2) is 272 Å². The zero-order chi connectivity index (χ0) is 93.7. The lowest BCUT2D eigenvalue weighted by atomic mass is 9.98. The lowest BCUT2D eigenvalue weighted by Gasteiger charge is -2.38. The number of carboxylic acids is 1. The van der Waals surface area contributed by atoms with E-state index in [0.717, 1.165) is 16.7 Å². The van der Waals surface area contributed by atoms with Crippen molar-refractivity contribution in [2.45, 2.75) is 216 Å². The Hall–Kier alpha value is -12.7. The molecular weight excluding hydrogens is 1680 g/mol. The number of likely N-dealkylation sites (N-methyl/N-ethyl adjacent to an activating group) is 3. The molecule has 0 radical (unpaired) electrons. The quantitative estimate of drug-likeness (QED) is 0.0413. The number of aromatic nitrogens is 1. The van der Waals surface area contributed by atoms with Crippen molar-refractivity contribution in [3.63, 3.8) is 0 Å². The summed E-state index contributed by atoms with van der Waals surface area (Å²) in [5.41, 5.74) is 15.0. The van der Waals surface area contributed by atoms with Crippen molar-refractivity contribution >= 4 is 117 Å². The lowest BCUT2D eigenvalue weighted by molar-refractivity contribution is -0.152. The molecule has 13 atom stereocenters. The van der Waals surface area contributed by atoms with Crippen LogP contribution in [0.4, 0.5) is 0 Å². The maximum absolute atomic E-state index is 15.7. The van der Waals surface area contributed by atoms with Gasteiger partial charge in [-0.2, -0.15) is 0 Å². The highest BCUT2D eigenvalue weighted by Gasteiger charge is 2.46. The number of primary amides is 1. The zero-order valence-electron chi connectivity index (χ0n) is 74.3. The van der Waals surface area contributed by atoms with Crippen molar-refractivity contribution in [2.75, 3.05) is 58.8 Å². The molecule has 36 heteroatoms. The molecule has 129 heavy (non-hydrogen) atoms. The molecule has 5 aromatic carbocycles. The Labute approximate surface area is 755 Å². The second kappa shape index (κ2) is 48.4. The molecule has 6 aromatic rings. The van der Waals surface area contributed by atoms with Crippen molar-refractivity contribution in [3.05, 3.63) is 174 Å². The highest BCUT2D eigenvalue weighted by molar-refractivity contribution is 8.00. The Kier molecular flexibility index (Phi) is 37.6. The number of para-hydroxylation sites is 1. The van der Waals surface area contributed by atoms with E-state index in [-0.39, 0.29) is 121 Å². The molecule has 9 rings (SSSR count). The van der Waals surface area contributed by atoms with Gasteiger partial charge in [-0.25, -0.2) is 0 Å². The molecule has 3 fully saturated rings. The number of unbranched alkanes of at least 4 members (excludes halogenated alkanes) is 1. The number of benzene rings is 5. The average molecular weight is 1800 g/mol. The minimum atomic E-state index is -1.87. The monoisotopic (exact) mass is 1800 g/mol. The number of aromatic amines is 1. The van der Waals surface area contributed by atoms with Gasteiger partial charge in [0.25, 0.3) is 0 Å². The van der Waals surface area contributed by atoms with Crippen LogP contribution in [0.3, 0.4) is 0 Å². The number of fused-ring (bicyclic) bond motifs is 3. The predicted molar refractivity (Wildman–Crippen MR) is 483 cm³/mol. The van der Waals surface area contributed by atoms with Gasteiger partial charge in [0.15, 0.2) is 0 Å². The van der Waals surface area contributed by atoms with E-state index in [4.69, 9.17) is 11.5 Å². The second-order valence-corrected chi connectivity index (χ2v) is 35.0. The molecule has 0 bridgehead atoms. The number of amides is 15. The number of carbonyl (C=O) groups is 16. The summed E-state index contributed by atoms with van der Waals surface area (Å²) >= 11 is 0.845. The summed E-state index contributed by atoms with van der Waals surface area (Å²) in [6.07, 6.45) is 1.45. The molecular formula is C93H123N17O18S. The normalized spacial score (nSPS) is 23.9. The fourth-order valence-corrected chi connectivity index (χ4v) is 17.3. The SMILES string of the molecule is CCCCC1C(=O)N2CCCC2C(=O)NC(CC(=O)O)C(=O)NC(C(C)C)C(=O)N(C)C(Cc2ccccc2)C(=O)NC(CCCN)C(=O)N2CCCC2C(=O)NC(Cc2c[nH]c3ccccc23)C(=O)NC(Cc2ccc(O)cc2)C(=O)NC(CC(C)C)C(=O)NC(C(=O)NCC(N)=O)CSCC(=O)NC(Cc2ccccc2)C(=O)N(C)C(Cc2ccccc2)C(=O)N1C. The minimum Gasteiger partial charge on any atom is -0.508 e. The van der Waals surface area contributed by atoms with E-state index in [0.29, 0.717) is 51.6 Å². The Morgan fingerprint density at radius 2 is 0.992 bits per heavy atom. The van der Waals surface area contributed by atoms with E-state index in [1.165, 1.54) is 65.0 Å². The number of hydrogen-bond donors (Lipinski definition) is 14. The number of hydrogen-bond acceptors (Lipinski definition) is 19. The summed E-state index contributed by atoms with van der Waals surface area (Å²) in [6, 6.07) is 20.0. The van der Waals surface area contributed by atoms with Crippen LogP contribution in [0.2, 0.25) is 0 Å². The van der Waals surface area contributed by atoms with Crippen LogP contribution >= 0.6 is 11.8 Å². The van der Waals surface area contributed by atoms with Crippen LogP contribution in [0.25, 0.3) is 10.9 Å². The van der Waals surface area contributed by atoms with Gasteiger partial charge >= 0.3 is 5.97 Å². The summed E-state index contributed by atoms with van der Waals surface area (Å²) in [6.45, 7) is 7.95. The fourth-order valence-electron chi connectivity index (χ4n) is 16.4.